The molecule has 0 aliphatic carbocycles. The van der Waals surface area contributed by atoms with Crippen LogP contribution < -0.4 is 0 Å². The molecule has 1 aromatic carbocycles. The molecule has 0 aliphatic heterocycles. The molecule has 0 bridgehead atoms. The highest BCUT2D eigenvalue weighted by Crippen LogP contribution is 2.16. The van der Waals surface area contributed by atoms with E-state index in [-0.39, 0.29) is 4.90 Å². The Balaban J connectivity index is 2.42. The first-order valence-electron chi connectivity index (χ1n) is 3.85. The zero-order valence-corrected chi connectivity index (χ0v) is 8.85. The smallest absolute Gasteiger partial charge is 0.207 e. The molecule has 0 saturated heterocycles. The van der Waals surface area contributed by atoms with Crippen LogP contribution in [0.1, 0.15) is 0 Å². The van der Waals surface area contributed by atoms with Crippen LogP contribution >= 0.6 is 10.7 Å². The van der Waals surface area contributed by atoms with Crippen molar-refractivity contribution in [2.75, 3.05) is 0 Å². The number of nitrogens with zero attached hydrogens (tertiary/aromatic N) is 4. The second kappa shape index (κ2) is 3.59. The molecule has 0 atom stereocenters. The molecule has 78 valence electrons. The van der Waals surface area contributed by atoms with Crippen molar-refractivity contribution in [2.45, 2.75) is 4.90 Å². The van der Waals surface area contributed by atoms with E-state index in [0.29, 0.717) is 5.69 Å². The molecule has 0 saturated carbocycles. The van der Waals surface area contributed by atoms with Gasteiger partial charge in [-0.05, 0) is 34.7 Å². The number of benzene rings is 1. The predicted octanol–water partition coefficient (Wildman–Crippen LogP) is 0.590. The molecule has 8 heteroatoms. The molecule has 0 unspecified atom stereocenters. The molecule has 2 rings (SSSR count). The number of hydrogen-bond donors (Lipinski definition) is 0. The maximum atomic E-state index is 10.9. The molecule has 0 fully saturated rings. The van der Waals surface area contributed by atoms with Crippen LogP contribution in [0.5, 0.6) is 0 Å². The van der Waals surface area contributed by atoms with Gasteiger partial charge in [-0.1, -0.05) is 0 Å². The van der Waals surface area contributed by atoms with Crippen LogP contribution in [0.2, 0.25) is 0 Å². The van der Waals surface area contributed by atoms with Crippen LogP contribution in [-0.4, -0.2) is 28.6 Å². The second-order valence-electron chi connectivity index (χ2n) is 2.69. The Labute approximate surface area is 89.9 Å². The maximum Gasteiger partial charge on any atom is 0.261 e. The Morgan fingerprint density at radius 1 is 1.20 bits per heavy atom. The predicted molar refractivity (Wildman–Crippen MR) is 52.2 cm³/mol. The summed E-state index contributed by atoms with van der Waals surface area (Å²) in [5, 5.41) is 10.6. The molecule has 0 aliphatic rings. The van der Waals surface area contributed by atoms with Gasteiger partial charge in [0.1, 0.15) is 6.33 Å². The van der Waals surface area contributed by atoms with E-state index < -0.39 is 9.05 Å². The summed E-state index contributed by atoms with van der Waals surface area (Å²) in [7, 11) is 1.48. The third-order valence-electron chi connectivity index (χ3n) is 1.73. The summed E-state index contributed by atoms with van der Waals surface area (Å²) in [5.74, 6) is 0. The van der Waals surface area contributed by atoms with Crippen LogP contribution in [0.4, 0.5) is 0 Å². The lowest BCUT2D eigenvalue weighted by molar-refractivity contribution is 0.609. The molecule has 1 aromatic heterocycles. The van der Waals surface area contributed by atoms with Gasteiger partial charge in [-0.3, -0.25) is 0 Å². The molecular formula is C7H5ClN4O2S. The van der Waals surface area contributed by atoms with Gasteiger partial charge in [0.25, 0.3) is 9.05 Å². The largest absolute Gasteiger partial charge is 0.261 e. The molecule has 15 heavy (non-hydrogen) atoms. The Morgan fingerprint density at radius 3 is 2.33 bits per heavy atom. The van der Waals surface area contributed by atoms with Gasteiger partial charge in [0.15, 0.2) is 0 Å². The van der Waals surface area contributed by atoms with Crippen LogP contribution in [-0.2, 0) is 9.05 Å². The summed E-state index contributed by atoms with van der Waals surface area (Å²) >= 11 is 0. The fourth-order valence-corrected chi connectivity index (χ4v) is 1.81. The van der Waals surface area contributed by atoms with Gasteiger partial charge >= 0.3 is 0 Å². The van der Waals surface area contributed by atoms with Gasteiger partial charge in [-0.25, -0.2) is 13.1 Å². The van der Waals surface area contributed by atoms with Crippen molar-refractivity contribution in [1.82, 2.24) is 20.2 Å². The summed E-state index contributed by atoms with van der Waals surface area (Å²) in [6, 6.07) is 5.90. The zero-order valence-electron chi connectivity index (χ0n) is 7.28. The van der Waals surface area contributed by atoms with Crippen LogP contribution in [0.15, 0.2) is 35.5 Å². The van der Waals surface area contributed by atoms with Crippen LogP contribution in [0.3, 0.4) is 0 Å². The fourth-order valence-electron chi connectivity index (χ4n) is 1.04. The molecule has 0 spiro atoms. The van der Waals surface area contributed by atoms with E-state index >= 15 is 0 Å². The summed E-state index contributed by atoms with van der Waals surface area (Å²) in [4.78, 5) is 0.0426. The third-order valence-corrected chi connectivity index (χ3v) is 3.10. The molecule has 2 aromatic rings. The summed E-state index contributed by atoms with van der Waals surface area (Å²) in [5.41, 5.74) is 0.657. The zero-order chi connectivity index (χ0) is 10.9. The first-order chi connectivity index (χ1) is 7.07. The van der Waals surface area contributed by atoms with Gasteiger partial charge in [0.2, 0.25) is 0 Å². The average molecular weight is 245 g/mol. The normalized spacial score (nSPS) is 11.5. The molecule has 0 radical (unpaired) electrons. The molecule has 0 N–H and O–H groups in total. The van der Waals surface area contributed by atoms with Crippen molar-refractivity contribution in [2.24, 2.45) is 0 Å². The minimum atomic E-state index is -3.68. The Kier molecular flexibility index (Phi) is 2.41. The van der Waals surface area contributed by atoms with Gasteiger partial charge in [0, 0.05) is 10.7 Å². The van der Waals surface area contributed by atoms with Gasteiger partial charge < -0.3 is 0 Å². The van der Waals surface area contributed by atoms with Gasteiger partial charge in [-0.15, -0.1) is 5.10 Å². The van der Waals surface area contributed by atoms with Gasteiger partial charge in [-0.2, -0.15) is 0 Å². The van der Waals surface area contributed by atoms with Crippen molar-refractivity contribution < 1.29 is 8.42 Å². The summed E-state index contributed by atoms with van der Waals surface area (Å²) in [6.45, 7) is 0. The Bertz CT molecular complexity index is 549. The monoisotopic (exact) mass is 244 g/mol. The first-order valence-corrected chi connectivity index (χ1v) is 6.16. The van der Waals surface area contributed by atoms with Gasteiger partial charge in [0.05, 0.1) is 10.6 Å². The minimum Gasteiger partial charge on any atom is -0.207 e. The maximum absolute atomic E-state index is 10.9. The van der Waals surface area contributed by atoms with E-state index in [0.717, 1.165) is 0 Å². The standard InChI is InChI=1S/C7H5ClN4O2S/c8-15(13,14)7-3-1-6(2-4-7)12-5-9-10-11-12/h1-5H. The second-order valence-corrected chi connectivity index (χ2v) is 5.25. The lowest BCUT2D eigenvalue weighted by atomic mass is 10.3. The topological polar surface area (TPSA) is 77.7 Å². The molecule has 6 nitrogen and oxygen atoms in total. The van der Waals surface area contributed by atoms with Crippen molar-refractivity contribution in [3.63, 3.8) is 0 Å². The summed E-state index contributed by atoms with van der Waals surface area (Å²) in [6.07, 6.45) is 1.41. The van der Waals surface area contributed by atoms with Crippen LogP contribution in [0.25, 0.3) is 5.69 Å². The van der Waals surface area contributed by atoms with Crippen molar-refractivity contribution >= 4 is 19.7 Å². The van der Waals surface area contributed by atoms with E-state index in [1.54, 1.807) is 12.1 Å². The average Bonchev–Trinajstić information content (AvgIpc) is 2.69. The fraction of sp³-hybridized carbons (Fsp3) is 0. The highest BCUT2D eigenvalue weighted by atomic mass is 35.7. The van der Waals surface area contributed by atoms with Crippen molar-refractivity contribution in [3.8, 4) is 5.69 Å². The van der Waals surface area contributed by atoms with E-state index in [4.69, 9.17) is 10.7 Å². The third kappa shape index (κ3) is 2.13. The quantitative estimate of drug-likeness (QED) is 0.723. The van der Waals surface area contributed by atoms with Crippen LogP contribution in [0, 0.1) is 0 Å². The lowest BCUT2D eigenvalue weighted by Crippen LogP contribution is -1.96. The first kappa shape index (κ1) is 10.1. The minimum absolute atomic E-state index is 0.0426. The number of halogens is 1. The molecule has 0 amide bonds. The SMILES string of the molecule is O=S(=O)(Cl)c1ccc(-n2cnnn2)cc1. The molecular weight excluding hydrogens is 240 g/mol. The lowest BCUT2D eigenvalue weighted by Gasteiger charge is -1.99. The number of aromatic nitrogens is 4. The van der Waals surface area contributed by atoms with E-state index in [1.165, 1.54) is 23.1 Å². The number of tetrazole rings is 1. The number of rotatable bonds is 2. The Hall–Kier alpha value is -1.47. The Morgan fingerprint density at radius 2 is 1.87 bits per heavy atom. The highest BCUT2D eigenvalue weighted by Gasteiger charge is 2.09. The highest BCUT2D eigenvalue weighted by molar-refractivity contribution is 8.13. The van der Waals surface area contributed by atoms with E-state index in [9.17, 15) is 8.42 Å². The van der Waals surface area contributed by atoms with E-state index in [1.807, 2.05) is 0 Å². The number of hydrogen-bond acceptors (Lipinski definition) is 5. The van der Waals surface area contributed by atoms with Crippen molar-refractivity contribution in [1.29, 1.82) is 0 Å². The van der Waals surface area contributed by atoms with Crippen molar-refractivity contribution in [3.05, 3.63) is 30.6 Å². The van der Waals surface area contributed by atoms with E-state index in [2.05, 4.69) is 15.5 Å². The molecule has 1 heterocycles. The summed E-state index contributed by atoms with van der Waals surface area (Å²) < 4.78 is 23.3.